The Bertz CT molecular complexity index is 945. The van der Waals surface area contributed by atoms with Gasteiger partial charge in [0.15, 0.2) is 11.5 Å². The first kappa shape index (κ1) is 19.1. The van der Waals surface area contributed by atoms with Crippen LogP contribution in [-0.2, 0) is 6.61 Å². The Balaban J connectivity index is 1.89. The zero-order valence-corrected chi connectivity index (χ0v) is 15.8. The van der Waals surface area contributed by atoms with Crippen molar-refractivity contribution in [3.8, 4) is 11.5 Å². The molecule has 0 bridgehead atoms. The molecule has 1 heterocycles. The minimum absolute atomic E-state index is 0.119. The number of benzene rings is 2. The number of aliphatic imine (C=N–C) groups is 1. The molecular weight excluding hydrogens is 390 g/mol. The zero-order chi connectivity index (χ0) is 19.2. The minimum atomic E-state index is -0.753. The van der Waals surface area contributed by atoms with E-state index in [0.29, 0.717) is 18.1 Å². The summed E-state index contributed by atoms with van der Waals surface area (Å²) in [6.45, 7) is 0.321. The van der Waals surface area contributed by atoms with E-state index in [4.69, 9.17) is 32.7 Å². The molecule has 1 aromatic heterocycles. The number of methoxy groups -OCH3 is 1. The maximum atomic E-state index is 14.7. The topological polar surface area (TPSA) is 43.7 Å². The fraction of sp³-hybridized carbons (Fsp3) is 0.100. The molecule has 138 valence electrons. The second-order valence-corrected chi connectivity index (χ2v) is 6.31. The molecule has 0 aliphatic carbocycles. The van der Waals surface area contributed by atoms with E-state index < -0.39 is 5.97 Å². The maximum absolute atomic E-state index is 14.7. The van der Waals surface area contributed by atoms with Gasteiger partial charge >= 0.3 is 0 Å². The molecule has 0 N–H and O–H groups in total. The second-order valence-electron chi connectivity index (χ2n) is 5.49. The van der Waals surface area contributed by atoms with Crippen molar-refractivity contribution < 1.29 is 13.9 Å². The van der Waals surface area contributed by atoms with Crippen molar-refractivity contribution in [2.75, 3.05) is 7.11 Å². The van der Waals surface area contributed by atoms with Crippen LogP contribution in [0.2, 0.25) is 10.0 Å². The van der Waals surface area contributed by atoms with E-state index >= 15 is 0 Å². The predicted octanol–water partition coefficient (Wildman–Crippen LogP) is 6.02. The van der Waals surface area contributed by atoms with Gasteiger partial charge in [0.1, 0.15) is 12.3 Å². The number of nitrogens with zero attached hydrogens (tertiary/aromatic N) is 2. The van der Waals surface area contributed by atoms with Crippen LogP contribution in [0.25, 0.3) is 0 Å². The van der Waals surface area contributed by atoms with E-state index in [1.54, 1.807) is 6.07 Å². The average Bonchev–Trinajstić information content (AvgIpc) is 2.69. The fourth-order valence-corrected chi connectivity index (χ4v) is 2.78. The van der Waals surface area contributed by atoms with Gasteiger partial charge in [0.25, 0.3) is 0 Å². The van der Waals surface area contributed by atoms with E-state index in [1.807, 2.05) is 30.3 Å². The van der Waals surface area contributed by atoms with Crippen molar-refractivity contribution in [1.29, 1.82) is 0 Å². The second kappa shape index (κ2) is 8.84. The van der Waals surface area contributed by atoms with Gasteiger partial charge in [0.05, 0.1) is 17.2 Å². The van der Waals surface area contributed by atoms with Crippen LogP contribution in [0, 0.1) is 0 Å². The molecule has 3 rings (SSSR count). The number of hydrogen-bond donors (Lipinski definition) is 0. The Morgan fingerprint density at radius 1 is 1.04 bits per heavy atom. The summed E-state index contributed by atoms with van der Waals surface area (Å²) in [5.74, 6) is 0.135. The van der Waals surface area contributed by atoms with Crippen molar-refractivity contribution in [2.24, 2.45) is 4.99 Å². The number of pyridine rings is 1. The highest BCUT2D eigenvalue weighted by Crippen LogP contribution is 2.34. The molecule has 0 aliphatic rings. The largest absolute Gasteiger partial charge is 0.493 e. The predicted molar refractivity (Wildman–Crippen MR) is 105 cm³/mol. The van der Waals surface area contributed by atoms with Gasteiger partial charge < -0.3 is 9.47 Å². The molecule has 0 atom stereocenters. The Morgan fingerprint density at radius 2 is 1.74 bits per heavy atom. The lowest BCUT2D eigenvalue weighted by Gasteiger charge is -2.12. The molecule has 0 radical (unpaired) electrons. The SMILES string of the molecule is COc1ccc(C(F)=Nc2c(Cl)cncc2Cl)cc1OCc1ccccc1. The van der Waals surface area contributed by atoms with Crippen molar-refractivity contribution in [2.45, 2.75) is 6.61 Å². The molecule has 0 saturated heterocycles. The van der Waals surface area contributed by atoms with Crippen molar-refractivity contribution in [3.63, 3.8) is 0 Å². The molecule has 0 amide bonds. The highest BCUT2D eigenvalue weighted by atomic mass is 35.5. The summed E-state index contributed by atoms with van der Waals surface area (Å²) in [7, 11) is 1.52. The van der Waals surface area contributed by atoms with Crippen molar-refractivity contribution in [3.05, 3.63) is 82.1 Å². The fourth-order valence-electron chi connectivity index (χ4n) is 2.33. The highest BCUT2D eigenvalue weighted by Gasteiger charge is 2.12. The molecule has 0 unspecified atom stereocenters. The summed E-state index contributed by atoms with van der Waals surface area (Å²) in [6, 6.07) is 14.3. The summed E-state index contributed by atoms with van der Waals surface area (Å²) >= 11 is 12.0. The highest BCUT2D eigenvalue weighted by molar-refractivity contribution is 6.38. The van der Waals surface area contributed by atoms with E-state index in [1.165, 1.54) is 31.6 Å². The molecule has 3 aromatic rings. The molecule has 7 heteroatoms. The van der Waals surface area contributed by atoms with Crippen LogP contribution in [0.15, 0.2) is 65.9 Å². The smallest absolute Gasteiger partial charge is 0.220 e. The summed E-state index contributed by atoms with van der Waals surface area (Å²) in [5.41, 5.74) is 1.31. The van der Waals surface area contributed by atoms with Crippen LogP contribution >= 0.6 is 23.2 Å². The number of ether oxygens (including phenoxy) is 2. The van der Waals surface area contributed by atoms with Crippen LogP contribution < -0.4 is 9.47 Å². The third-order valence-electron chi connectivity index (χ3n) is 3.68. The molecule has 4 nitrogen and oxygen atoms in total. The first-order chi connectivity index (χ1) is 13.1. The molecule has 0 saturated carbocycles. The van der Waals surface area contributed by atoms with Crippen LogP contribution in [-0.4, -0.2) is 18.1 Å². The number of halogens is 3. The number of hydrogen-bond acceptors (Lipinski definition) is 4. The van der Waals surface area contributed by atoms with Gasteiger partial charge in [-0.15, -0.1) is 0 Å². The first-order valence-electron chi connectivity index (χ1n) is 7.97. The lowest BCUT2D eigenvalue weighted by Crippen LogP contribution is -2.00. The Hall–Kier alpha value is -2.63. The lowest BCUT2D eigenvalue weighted by molar-refractivity contribution is 0.284. The summed E-state index contributed by atoms with van der Waals surface area (Å²) < 4.78 is 25.8. The van der Waals surface area contributed by atoms with Gasteiger partial charge in [-0.2, -0.15) is 4.39 Å². The van der Waals surface area contributed by atoms with Gasteiger partial charge in [-0.1, -0.05) is 53.5 Å². The number of rotatable bonds is 6. The summed E-state index contributed by atoms with van der Waals surface area (Å²) in [5, 5.41) is 0.318. The Kier molecular flexibility index (Phi) is 6.27. The first-order valence-corrected chi connectivity index (χ1v) is 8.72. The monoisotopic (exact) mass is 404 g/mol. The van der Waals surface area contributed by atoms with Crippen LogP contribution in [0.1, 0.15) is 11.1 Å². The van der Waals surface area contributed by atoms with E-state index in [0.717, 1.165) is 5.56 Å². The molecule has 0 aliphatic heterocycles. The van der Waals surface area contributed by atoms with Crippen molar-refractivity contribution >= 4 is 34.9 Å². The maximum Gasteiger partial charge on any atom is 0.220 e. The third-order valence-corrected chi connectivity index (χ3v) is 4.23. The van der Waals surface area contributed by atoms with E-state index in [2.05, 4.69) is 9.98 Å². The normalized spacial score (nSPS) is 11.3. The summed E-state index contributed by atoms with van der Waals surface area (Å²) in [6.07, 6.45) is 2.70. The van der Waals surface area contributed by atoms with Gasteiger partial charge in [-0.3, -0.25) is 4.98 Å². The third kappa shape index (κ3) is 4.76. The van der Waals surface area contributed by atoms with Gasteiger partial charge in [0.2, 0.25) is 5.97 Å². The van der Waals surface area contributed by atoms with E-state index in [-0.39, 0.29) is 21.3 Å². The Labute approximate surface area is 166 Å². The Morgan fingerprint density at radius 3 is 2.41 bits per heavy atom. The average molecular weight is 405 g/mol. The molecule has 27 heavy (non-hydrogen) atoms. The van der Waals surface area contributed by atoms with E-state index in [9.17, 15) is 4.39 Å². The van der Waals surface area contributed by atoms with Crippen LogP contribution in [0.4, 0.5) is 10.1 Å². The molecule has 0 spiro atoms. The summed E-state index contributed by atoms with van der Waals surface area (Å²) in [4.78, 5) is 7.72. The van der Waals surface area contributed by atoms with Gasteiger partial charge in [-0.05, 0) is 23.8 Å². The molecular formula is C20H15Cl2FN2O2. The quantitative estimate of drug-likeness (QED) is 0.471. The zero-order valence-electron chi connectivity index (χ0n) is 14.3. The molecule has 2 aromatic carbocycles. The standard InChI is InChI=1S/C20H15Cl2FN2O2/c1-26-17-8-7-14(9-18(17)27-12-13-5-3-2-4-6-13)20(23)25-19-15(21)10-24-11-16(19)22/h2-11H,12H2,1H3. The van der Waals surface area contributed by atoms with Gasteiger partial charge in [0, 0.05) is 18.0 Å². The van der Waals surface area contributed by atoms with Crippen LogP contribution in [0.5, 0.6) is 11.5 Å². The van der Waals surface area contributed by atoms with Crippen molar-refractivity contribution in [1.82, 2.24) is 4.98 Å². The lowest BCUT2D eigenvalue weighted by atomic mass is 10.2. The van der Waals surface area contributed by atoms with Gasteiger partial charge in [-0.25, -0.2) is 4.99 Å². The molecule has 0 fully saturated rings. The number of aromatic nitrogens is 1. The minimum Gasteiger partial charge on any atom is -0.493 e. The van der Waals surface area contributed by atoms with Crippen LogP contribution in [0.3, 0.4) is 0 Å².